The minimum atomic E-state index is -0.0830. The zero-order chi connectivity index (χ0) is 20.1. The Balaban J connectivity index is 1.56. The van der Waals surface area contributed by atoms with Crippen molar-refractivity contribution in [3.63, 3.8) is 0 Å². The number of aromatic nitrogens is 1. The van der Waals surface area contributed by atoms with Crippen LogP contribution in [-0.2, 0) is 0 Å². The Labute approximate surface area is 173 Å². The molecule has 2 heterocycles. The molecule has 1 aromatic heterocycles. The van der Waals surface area contributed by atoms with Gasteiger partial charge in [0, 0.05) is 16.5 Å². The number of nitrogens with one attached hydrogen (secondary N) is 1. The summed E-state index contributed by atoms with van der Waals surface area (Å²) in [7, 11) is 0. The lowest BCUT2D eigenvalue weighted by molar-refractivity contribution is 0.101. The molecule has 142 valence electrons. The molecule has 0 spiro atoms. The molecule has 0 atom stereocenters. The number of para-hydroxylation sites is 2. The number of fused-ring (bicyclic) bond motifs is 3. The molecule has 1 aliphatic heterocycles. The van der Waals surface area contributed by atoms with Gasteiger partial charge in [0.2, 0.25) is 5.78 Å². The first-order valence-electron chi connectivity index (χ1n) is 9.91. The largest absolute Gasteiger partial charge is 0.452 e. The number of hydrogen-bond donors (Lipinski definition) is 1. The second kappa shape index (κ2) is 6.46. The SMILES string of the molecule is O=C1C(=Cc2c(-c3ccc4ccccc4c3)[nH]c3ccccc23)Oc2ccccc21. The minimum Gasteiger partial charge on any atom is -0.452 e. The van der Waals surface area contributed by atoms with Crippen LogP contribution < -0.4 is 4.74 Å². The highest BCUT2D eigenvalue weighted by molar-refractivity contribution is 6.15. The molecule has 0 saturated carbocycles. The van der Waals surface area contributed by atoms with E-state index in [4.69, 9.17) is 4.74 Å². The summed E-state index contributed by atoms with van der Waals surface area (Å²) in [6, 6.07) is 30.2. The quantitative estimate of drug-likeness (QED) is 0.347. The molecular weight excluding hydrogens is 370 g/mol. The number of allylic oxidation sites excluding steroid dienone is 1. The van der Waals surface area contributed by atoms with Crippen molar-refractivity contribution in [3.8, 4) is 17.0 Å². The Kier molecular flexibility index (Phi) is 3.62. The maximum atomic E-state index is 12.9. The predicted molar refractivity (Wildman–Crippen MR) is 121 cm³/mol. The molecule has 0 radical (unpaired) electrons. The summed E-state index contributed by atoms with van der Waals surface area (Å²) in [5.74, 6) is 0.879. The minimum absolute atomic E-state index is 0.0830. The normalized spacial score (nSPS) is 14.4. The molecule has 0 amide bonds. The molecule has 1 aliphatic rings. The maximum absolute atomic E-state index is 12.9. The van der Waals surface area contributed by atoms with Crippen molar-refractivity contribution >= 4 is 33.5 Å². The van der Waals surface area contributed by atoms with Gasteiger partial charge in [0.25, 0.3) is 0 Å². The highest BCUT2D eigenvalue weighted by Crippen LogP contribution is 2.37. The van der Waals surface area contributed by atoms with E-state index in [1.165, 1.54) is 10.8 Å². The van der Waals surface area contributed by atoms with Gasteiger partial charge in [0.1, 0.15) is 5.75 Å². The molecule has 4 aromatic carbocycles. The lowest BCUT2D eigenvalue weighted by Crippen LogP contribution is -1.98. The van der Waals surface area contributed by atoms with E-state index in [9.17, 15) is 4.79 Å². The van der Waals surface area contributed by atoms with Crippen molar-refractivity contribution in [1.29, 1.82) is 0 Å². The summed E-state index contributed by atoms with van der Waals surface area (Å²) >= 11 is 0. The van der Waals surface area contributed by atoms with Gasteiger partial charge in [-0.3, -0.25) is 4.79 Å². The monoisotopic (exact) mass is 387 g/mol. The third-order valence-corrected chi connectivity index (χ3v) is 5.64. The van der Waals surface area contributed by atoms with E-state index in [1.807, 2.05) is 54.6 Å². The van der Waals surface area contributed by atoms with E-state index < -0.39 is 0 Å². The molecule has 0 saturated heterocycles. The van der Waals surface area contributed by atoms with E-state index >= 15 is 0 Å². The van der Waals surface area contributed by atoms with E-state index in [-0.39, 0.29) is 5.78 Å². The number of carbonyl (C=O) groups is 1. The Morgan fingerprint density at radius 3 is 2.43 bits per heavy atom. The number of rotatable bonds is 2. The van der Waals surface area contributed by atoms with Crippen LogP contribution in [0.4, 0.5) is 0 Å². The Bertz CT molecular complexity index is 1490. The summed E-state index contributed by atoms with van der Waals surface area (Å²) in [5, 5.41) is 3.43. The highest BCUT2D eigenvalue weighted by atomic mass is 16.5. The van der Waals surface area contributed by atoms with Crippen LogP contribution in [-0.4, -0.2) is 10.8 Å². The van der Waals surface area contributed by atoms with Gasteiger partial charge in [-0.15, -0.1) is 0 Å². The average molecular weight is 387 g/mol. The standard InChI is InChI=1S/C27H17NO2/c29-27-21-10-4-6-12-24(21)30-25(27)16-22-20-9-3-5-11-23(20)28-26(22)19-14-13-17-7-1-2-8-18(17)15-19/h1-16,28H. The summed E-state index contributed by atoms with van der Waals surface area (Å²) in [5.41, 5.74) is 4.63. The number of aromatic amines is 1. The van der Waals surface area contributed by atoms with Gasteiger partial charge in [-0.2, -0.15) is 0 Å². The number of H-pyrrole nitrogens is 1. The lowest BCUT2D eigenvalue weighted by atomic mass is 10.0. The van der Waals surface area contributed by atoms with Crippen LogP contribution in [0, 0.1) is 0 Å². The number of carbonyl (C=O) groups excluding carboxylic acids is 1. The van der Waals surface area contributed by atoms with Crippen LogP contribution in [0.5, 0.6) is 5.75 Å². The second-order valence-corrected chi connectivity index (χ2v) is 7.46. The number of Topliss-reactive ketones (excluding diaryl/α,β-unsaturated/α-hetero) is 1. The second-order valence-electron chi connectivity index (χ2n) is 7.46. The van der Waals surface area contributed by atoms with Gasteiger partial charge < -0.3 is 9.72 Å². The molecule has 30 heavy (non-hydrogen) atoms. The van der Waals surface area contributed by atoms with E-state index in [0.717, 1.165) is 27.7 Å². The van der Waals surface area contributed by atoms with Crippen LogP contribution in [0.25, 0.3) is 39.0 Å². The van der Waals surface area contributed by atoms with Gasteiger partial charge in [-0.25, -0.2) is 0 Å². The first-order chi connectivity index (χ1) is 14.8. The Morgan fingerprint density at radius 2 is 1.53 bits per heavy atom. The molecule has 1 N–H and O–H groups in total. The van der Waals surface area contributed by atoms with Crippen molar-refractivity contribution in [2.75, 3.05) is 0 Å². The smallest absolute Gasteiger partial charge is 0.231 e. The zero-order valence-corrected chi connectivity index (χ0v) is 16.1. The molecule has 0 bridgehead atoms. The zero-order valence-electron chi connectivity index (χ0n) is 16.1. The fourth-order valence-electron chi connectivity index (χ4n) is 4.15. The molecule has 5 aromatic rings. The van der Waals surface area contributed by atoms with Gasteiger partial charge in [0.05, 0.1) is 11.3 Å². The third kappa shape index (κ3) is 2.56. The molecule has 0 unspecified atom stereocenters. The number of hydrogen-bond acceptors (Lipinski definition) is 2. The lowest BCUT2D eigenvalue weighted by Gasteiger charge is -2.05. The molecule has 3 heteroatoms. The fourth-order valence-corrected chi connectivity index (χ4v) is 4.15. The first kappa shape index (κ1) is 16.8. The van der Waals surface area contributed by atoms with Crippen LogP contribution in [0.2, 0.25) is 0 Å². The summed E-state index contributed by atoms with van der Waals surface area (Å²) < 4.78 is 5.90. The summed E-state index contributed by atoms with van der Waals surface area (Å²) in [6.07, 6.45) is 1.87. The topological polar surface area (TPSA) is 42.1 Å². The van der Waals surface area contributed by atoms with Crippen molar-refractivity contribution in [2.24, 2.45) is 0 Å². The number of ketones is 1. The van der Waals surface area contributed by atoms with Crippen molar-refractivity contribution in [3.05, 3.63) is 108 Å². The van der Waals surface area contributed by atoms with Gasteiger partial charge >= 0.3 is 0 Å². The first-order valence-corrected chi connectivity index (χ1v) is 9.91. The van der Waals surface area contributed by atoms with E-state index in [1.54, 1.807) is 6.07 Å². The fraction of sp³-hybridized carbons (Fsp3) is 0. The highest BCUT2D eigenvalue weighted by Gasteiger charge is 2.27. The van der Waals surface area contributed by atoms with E-state index in [0.29, 0.717) is 17.1 Å². The van der Waals surface area contributed by atoms with Crippen LogP contribution in [0.3, 0.4) is 0 Å². The predicted octanol–water partition coefficient (Wildman–Crippen LogP) is 6.60. The maximum Gasteiger partial charge on any atom is 0.231 e. The molecule has 6 rings (SSSR count). The van der Waals surface area contributed by atoms with Crippen molar-refractivity contribution in [2.45, 2.75) is 0 Å². The third-order valence-electron chi connectivity index (χ3n) is 5.64. The number of ether oxygens (including phenoxy) is 1. The van der Waals surface area contributed by atoms with Crippen molar-refractivity contribution < 1.29 is 9.53 Å². The molecular formula is C27H17NO2. The number of benzene rings is 4. The summed E-state index contributed by atoms with van der Waals surface area (Å²) in [4.78, 5) is 16.4. The van der Waals surface area contributed by atoms with Crippen molar-refractivity contribution in [1.82, 2.24) is 4.98 Å². The molecule has 3 nitrogen and oxygen atoms in total. The van der Waals surface area contributed by atoms with E-state index in [2.05, 4.69) is 41.4 Å². The van der Waals surface area contributed by atoms with Crippen LogP contribution >= 0.6 is 0 Å². The molecule has 0 fully saturated rings. The van der Waals surface area contributed by atoms with Gasteiger partial charge in [-0.1, -0.05) is 66.7 Å². The summed E-state index contributed by atoms with van der Waals surface area (Å²) in [6.45, 7) is 0. The Morgan fingerprint density at radius 1 is 0.767 bits per heavy atom. The Hall–Kier alpha value is -4.11. The van der Waals surface area contributed by atoms with Gasteiger partial charge in [-0.05, 0) is 46.7 Å². The average Bonchev–Trinajstić information content (AvgIpc) is 3.32. The van der Waals surface area contributed by atoms with Gasteiger partial charge in [0.15, 0.2) is 5.76 Å². The van der Waals surface area contributed by atoms with Crippen LogP contribution in [0.15, 0.2) is 96.8 Å². The molecule has 0 aliphatic carbocycles. The van der Waals surface area contributed by atoms with Crippen LogP contribution in [0.1, 0.15) is 15.9 Å².